The van der Waals surface area contributed by atoms with Crippen LogP contribution in [0.3, 0.4) is 0 Å². The van der Waals surface area contributed by atoms with Crippen molar-refractivity contribution in [2.24, 2.45) is 16.5 Å². The van der Waals surface area contributed by atoms with Crippen molar-refractivity contribution in [3.8, 4) is 0 Å². The molecule has 8 nitrogen and oxygen atoms in total. The van der Waals surface area contributed by atoms with Crippen LogP contribution < -0.4 is 11.5 Å². The van der Waals surface area contributed by atoms with Crippen LogP contribution in [0.2, 0.25) is 0 Å². The fourth-order valence-electron chi connectivity index (χ4n) is 2.10. The summed E-state index contributed by atoms with van der Waals surface area (Å²) in [5, 5.41) is 0.589. The van der Waals surface area contributed by atoms with Crippen LogP contribution in [-0.4, -0.2) is 35.4 Å². The molecule has 1 saturated heterocycles. The quantitative estimate of drug-likeness (QED) is 0.263. The molecule has 0 aromatic rings. The third kappa shape index (κ3) is 7.05. The smallest absolute Gasteiger partial charge is 0.333 e. The summed E-state index contributed by atoms with van der Waals surface area (Å²) >= 11 is 0. The molecule has 0 unspecified atom stereocenters. The molecule has 1 heterocycles. The highest BCUT2D eigenvalue weighted by Crippen LogP contribution is 2.14. The summed E-state index contributed by atoms with van der Waals surface area (Å²) in [5.41, 5.74) is 10.4. The van der Waals surface area contributed by atoms with E-state index in [-0.39, 0.29) is 25.2 Å². The molecular formula is C14H24N4O4. The molecule has 1 fully saturated rings. The van der Waals surface area contributed by atoms with Gasteiger partial charge in [-0.1, -0.05) is 25.7 Å². The molecule has 0 aromatic carbocycles. The predicted molar refractivity (Wildman–Crippen MR) is 80.2 cm³/mol. The fraction of sp³-hybridized carbons (Fsp3) is 0.714. The number of carbonyl (C=O) groups excluding carboxylic acids is 3. The SMILES string of the molecule is NC(N)=NCCCCCCCCC(=O)ON1C(=O)CCC1=O. The highest BCUT2D eigenvalue weighted by Gasteiger charge is 2.32. The second-order valence-corrected chi connectivity index (χ2v) is 5.22. The third-order valence-electron chi connectivity index (χ3n) is 3.28. The lowest BCUT2D eigenvalue weighted by Gasteiger charge is -2.12. The molecule has 2 amide bonds. The normalized spacial score (nSPS) is 14.3. The molecule has 1 aliphatic rings. The first-order valence-electron chi connectivity index (χ1n) is 7.62. The third-order valence-corrected chi connectivity index (χ3v) is 3.28. The van der Waals surface area contributed by atoms with Crippen molar-refractivity contribution in [1.82, 2.24) is 5.06 Å². The van der Waals surface area contributed by atoms with Crippen LogP contribution in [0.25, 0.3) is 0 Å². The lowest BCUT2D eigenvalue weighted by Crippen LogP contribution is -2.31. The molecule has 124 valence electrons. The van der Waals surface area contributed by atoms with Crippen molar-refractivity contribution in [3.05, 3.63) is 0 Å². The van der Waals surface area contributed by atoms with E-state index in [1.54, 1.807) is 0 Å². The van der Waals surface area contributed by atoms with Gasteiger partial charge in [-0.25, -0.2) is 4.79 Å². The zero-order valence-electron chi connectivity index (χ0n) is 12.8. The number of amides is 2. The first kappa shape index (κ1) is 17.9. The minimum Gasteiger partial charge on any atom is -0.370 e. The van der Waals surface area contributed by atoms with E-state index in [1.807, 2.05) is 0 Å². The monoisotopic (exact) mass is 312 g/mol. The highest BCUT2D eigenvalue weighted by atomic mass is 16.7. The van der Waals surface area contributed by atoms with E-state index < -0.39 is 17.8 Å². The summed E-state index contributed by atoms with van der Waals surface area (Å²) in [5.74, 6) is -1.30. The van der Waals surface area contributed by atoms with Crippen LogP contribution in [0.4, 0.5) is 0 Å². The summed E-state index contributed by atoms with van der Waals surface area (Å²) < 4.78 is 0. The number of nitrogens with two attached hydrogens (primary N) is 2. The maximum absolute atomic E-state index is 11.5. The fourth-order valence-corrected chi connectivity index (χ4v) is 2.10. The minimum atomic E-state index is -0.531. The maximum Gasteiger partial charge on any atom is 0.333 e. The Labute approximate surface area is 129 Å². The van der Waals surface area contributed by atoms with E-state index in [0.717, 1.165) is 32.1 Å². The number of guanidine groups is 1. The molecule has 8 heteroatoms. The highest BCUT2D eigenvalue weighted by molar-refractivity contribution is 6.01. The summed E-state index contributed by atoms with van der Waals surface area (Å²) in [6.45, 7) is 0.645. The van der Waals surface area contributed by atoms with Gasteiger partial charge in [-0.05, 0) is 12.8 Å². The molecule has 4 N–H and O–H groups in total. The van der Waals surface area contributed by atoms with Crippen LogP contribution in [-0.2, 0) is 19.2 Å². The second-order valence-electron chi connectivity index (χ2n) is 5.22. The van der Waals surface area contributed by atoms with Crippen molar-refractivity contribution < 1.29 is 19.2 Å². The number of hydrogen-bond donors (Lipinski definition) is 2. The number of rotatable bonds is 10. The molecule has 0 atom stereocenters. The predicted octanol–water partition coefficient (Wildman–Crippen LogP) is 0.598. The van der Waals surface area contributed by atoms with Crippen LogP contribution >= 0.6 is 0 Å². The number of hydroxylamine groups is 2. The molecule has 0 saturated carbocycles. The Balaban J connectivity index is 1.98. The first-order chi connectivity index (χ1) is 10.5. The average Bonchev–Trinajstić information content (AvgIpc) is 2.77. The van der Waals surface area contributed by atoms with Crippen molar-refractivity contribution in [2.45, 2.75) is 57.8 Å². The molecule has 0 spiro atoms. The summed E-state index contributed by atoms with van der Waals surface area (Å²) in [6, 6.07) is 0. The van der Waals surface area contributed by atoms with Crippen molar-refractivity contribution >= 4 is 23.7 Å². The van der Waals surface area contributed by atoms with Gasteiger partial charge < -0.3 is 16.3 Å². The maximum atomic E-state index is 11.5. The van der Waals surface area contributed by atoms with E-state index in [2.05, 4.69) is 4.99 Å². The molecule has 0 bridgehead atoms. The van der Waals surface area contributed by atoms with E-state index in [9.17, 15) is 14.4 Å². The lowest BCUT2D eigenvalue weighted by molar-refractivity contribution is -0.197. The van der Waals surface area contributed by atoms with Crippen molar-refractivity contribution in [2.75, 3.05) is 6.54 Å². The lowest BCUT2D eigenvalue weighted by atomic mass is 10.1. The molecule has 1 rings (SSSR count). The second kappa shape index (κ2) is 9.75. The van der Waals surface area contributed by atoms with Gasteiger partial charge in [0.2, 0.25) is 0 Å². The Hall–Kier alpha value is -2.12. The van der Waals surface area contributed by atoms with Gasteiger partial charge in [0.15, 0.2) is 5.96 Å². The zero-order valence-corrected chi connectivity index (χ0v) is 12.8. The zero-order chi connectivity index (χ0) is 16.4. The topological polar surface area (TPSA) is 128 Å². The van der Waals surface area contributed by atoms with Gasteiger partial charge in [0.05, 0.1) is 0 Å². The number of aliphatic imine (C=N–C) groups is 1. The number of unbranched alkanes of at least 4 members (excludes halogenated alkanes) is 5. The Kier molecular flexibility index (Phi) is 7.95. The molecule has 0 radical (unpaired) electrons. The first-order valence-corrected chi connectivity index (χ1v) is 7.62. The van der Waals surface area contributed by atoms with Crippen LogP contribution in [0.5, 0.6) is 0 Å². The molecule has 0 aromatic heterocycles. The molecular weight excluding hydrogens is 288 g/mol. The minimum absolute atomic E-state index is 0.117. The van der Waals surface area contributed by atoms with E-state index >= 15 is 0 Å². The molecule has 22 heavy (non-hydrogen) atoms. The van der Waals surface area contributed by atoms with Gasteiger partial charge in [0, 0.05) is 25.8 Å². The largest absolute Gasteiger partial charge is 0.370 e. The number of imide groups is 1. The Bertz CT molecular complexity index is 417. The summed E-state index contributed by atoms with van der Waals surface area (Å²) in [6.07, 6.45) is 6.08. The van der Waals surface area contributed by atoms with E-state index in [1.165, 1.54) is 0 Å². The van der Waals surface area contributed by atoms with E-state index in [0.29, 0.717) is 18.0 Å². The number of hydrogen-bond acceptors (Lipinski definition) is 5. The molecule has 0 aliphatic carbocycles. The Morgan fingerprint density at radius 1 is 1.00 bits per heavy atom. The molecule has 1 aliphatic heterocycles. The van der Waals surface area contributed by atoms with Crippen LogP contribution in [0.15, 0.2) is 4.99 Å². The summed E-state index contributed by atoms with van der Waals surface area (Å²) in [4.78, 5) is 42.7. The van der Waals surface area contributed by atoms with Crippen LogP contribution in [0, 0.1) is 0 Å². The van der Waals surface area contributed by atoms with Gasteiger partial charge >= 0.3 is 5.97 Å². The average molecular weight is 312 g/mol. The number of carbonyl (C=O) groups is 3. The summed E-state index contributed by atoms with van der Waals surface area (Å²) in [7, 11) is 0. The van der Waals surface area contributed by atoms with Crippen molar-refractivity contribution in [1.29, 1.82) is 0 Å². The standard InChI is InChI=1S/C14H24N4O4/c15-14(16)17-10-6-4-2-1-3-5-7-13(21)22-18-11(19)8-9-12(18)20/h1-10H2,(H4,15,16,17). The Morgan fingerprint density at radius 3 is 2.14 bits per heavy atom. The van der Waals surface area contributed by atoms with E-state index in [4.69, 9.17) is 16.3 Å². The Morgan fingerprint density at radius 2 is 1.55 bits per heavy atom. The van der Waals surface area contributed by atoms with Gasteiger partial charge in [0.1, 0.15) is 0 Å². The van der Waals surface area contributed by atoms with Gasteiger partial charge in [0.25, 0.3) is 11.8 Å². The van der Waals surface area contributed by atoms with Gasteiger partial charge in [-0.2, -0.15) is 0 Å². The van der Waals surface area contributed by atoms with Crippen LogP contribution in [0.1, 0.15) is 57.8 Å². The van der Waals surface area contributed by atoms with Crippen molar-refractivity contribution in [3.63, 3.8) is 0 Å². The van der Waals surface area contributed by atoms with Gasteiger partial charge in [-0.15, -0.1) is 5.06 Å². The van der Waals surface area contributed by atoms with Gasteiger partial charge in [-0.3, -0.25) is 14.6 Å². The number of nitrogens with zero attached hydrogens (tertiary/aromatic N) is 2.